The number of nitrogens with zero attached hydrogens (tertiary/aromatic N) is 7. The van der Waals surface area contributed by atoms with Crippen molar-refractivity contribution >= 4 is 11.6 Å². The standard InChI is InChI=1S/C20H25N7/c1-25(2)18-12-22-13-19(24-18)26-10-3-4-17(15-26)20-23-9-11-27(20)14-16-5-7-21-8-6-16/h5-9,11-13,17H,3-4,10,14-15H2,1-2H3/t17-/m0/s1. The number of hydrogen-bond donors (Lipinski definition) is 0. The van der Waals surface area contributed by atoms with Crippen molar-refractivity contribution in [3.8, 4) is 0 Å². The quantitative estimate of drug-likeness (QED) is 0.694. The van der Waals surface area contributed by atoms with Crippen molar-refractivity contribution in [1.82, 2.24) is 24.5 Å². The molecule has 0 N–H and O–H groups in total. The van der Waals surface area contributed by atoms with E-state index in [4.69, 9.17) is 4.98 Å². The molecule has 1 atom stereocenters. The van der Waals surface area contributed by atoms with Crippen molar-refractivity contribution in [2.75, 3.05) is 37.0 Å². The van der Waals surface area contributed by atoms with E-state index in [2.05, 4.69) is 42.7 Å². The van der Waals surface area contributed by atoms with E-state index in [0.717, 1.165) is 49.9 Å². The SMILES string of the molecule is CN(C)c1cncc(N2CCC[C@H](c3nccn3Cc3ccncc3)C2)n1. The Morgan fingerprint density at radius 1 is 1.11 bits per heavy atom. The first kappa shape index (κ1) is 17.5. The van der Waals surface area contributed by atoms with Crippen LogP contribution in [0.2, 0.25) is 0 Å². The van der Waals surface area contributed by atoms with E-state index in [0.29, 0.717) is 5.92 Å². The van der Waals surface area contributed by atoms with Crippen molar-refractivity contribution in [1.29, 1.82) is 0 Å². The minimum atomic E-state index is 0.389. The monoisotopic (exact) mass is 363 g/mol. The van der Waals surface area contributed by atoms with Crippen LogP contribution >= 0.6 is 0 Å². The Morgan fingerprint density at radius 2 is 1.96 bits per heavy atom. The Morgan fingerprint density at radius 3 is 2.78 bits per heavy atom. The maximum atomic E-state index is 4.76. The number of aromatic nitrogens is 5. The molecule has 7 nitrogen and oxygen atoms in total. The number of pyridine rings is 1. The van der Waals surface area contributed by atoms with Crippen molar-refractivity contribution in [2.45, 2.75) is 25.3 Å². The lowest BCUT2D eigenvalue weighted by molar-refractivity contribution is 0.474. The lowest BCUT2D eigenvalue weighted by Gasteiger charge is -2.33. The van der Waals surface area contributed by atoms with Crippen molar-refractivity contribution in [3.63, 3.8) is 0 Å². The van der Waals surface area contributed by atoms with Crippen LogP contribution in [0.15, 0.2) is 49.3 Å². The first-order valence-corrected chi connectivity index (χ1v) is 9.35. The van der Waals surface area contributed by atoms with Gasteiger partial charge in [-0.2, -0.15) is 0 Å². The third kappa shape index (κ3) is 3.92. The minimum Gasteiger partial charge on any atom is -0.361 e. The Balaban J connectivity index is 1.52. The van der Waals surface area contributed by atoms with Crippen LogP contribution in [0.25, 0.3) is 0 Å². The molecule has 4 heterocycles. The highest BCUT2D eigenvalue weighted by atomic mass is 15.2. The van der Waals surface area contributed by atoms with Gasteiger partial charge in [0.2, 0.25) is 0 Å². The Hall–Kier alpha value is -2.96. The zero-order valence-corrected chi connectivity index (χ0v) is 15.9. The van der Waals surface area contributed by atoms with Crippen molar-refractivity contribution < 1.29 is 0 Å². The average molecular weight is 363 g/mol. The highest BCUT2D eigenvalue weighted by molar-refractivity contribution is 5.45. The molecular weight excluding hydrogens is 338 g/mol. The summed E-state index contributed by atoms with van der Waals surface area (Å²) in [6, 6.07) is 4.11. The highest BCUT2D eigenvalue weighted by Gasteiger charge is 2.26. The lowest BCUT2D eigenvalue weighted by atomic mass is 9.97. The predicted octanol–water partition coefficient (Wildman–Crippen LogP) is 2.57. The van der Waals surface area contributed by atoms with Gasteiger partial charge in [0.1, 0.15) is 17.5 Å². The van der Waals surface area contributed by atoms with Crippen LogP contribution in [0, 0.1) is 0 Å². The smallest absolute Gasteiger partial charge is 0.149 e. The van der Waals surface area contributed by atoms with E-state index in [1.165, 1.54) is 5.56 Å². The van der Waals surface area contributed by atoms with Crippen LogP contribution in [0.1, 0.15) is 30.1 Å². The normalized spacial score (nSPS) is 17.1. The summed E-state index contributed by atoms with van der Waals surface area (Å²) < 4.78 is 2.26. The Labute approximate surface area is 159 Å². The number of hydrogen-bond acceptors (Lipinski definition) is 6. The maximum Gasteiger partial charge on any atom is 0.149 e. The molecule has 0 saturated carbocycles. The largest absolute Gasteiger partial charge is 0.361 e. The summed E-state index contributed by atoms with van der Waals surface area (Å²) in [7, 11) is 3.98. The minimum absolute atomic E-state index is 0.389. The van der Waals surface area contributed by atoms with E-state index >= 15 is 0 Å². The highest BCUT2D eigenvalue weighted by Crippen LogP contribution is 2.29. The molecule has 0 unspecified atom stereocenters. The number of imidazole rings is 1. The van der Waals surface area contributed by atoms with E-state index in [-0.39, 0.29) is 0 Å². The molecule has 7 heteroatoms. The molecule has 1 saturated heterocycles. The van der Waals surface area contributed by atoms with Crippen molar-refractivity contribution in [2.24, 2.45) is 0 Å². The zero-order chi connectivity index (χ0) is 18.6. The van der Waals surface area contributed by atoms with Gasteiger partial charge in [-0.25, -0.2) is 9.97 Å². The summed E-state index contributed by atoms with van der Waals surface area (Å²) in [6.45, 7) is 2.75. The summed E-state index contributed by atoms with van der Waals surface area (Å²) in [5, 5.41) is 0. The molecule has 3 aromatic heterocycles. The van der Waals surface area contributed by atoms with Crippen LogP contribution in [-0.2, 0) is 6.54 Å². The molecule has 1 fully saturated rings. The zero-order valence-electron chi connectivity index (χ0n) is 15.9. The Bertz CT molecular complexity index is 875. The van der Waals surface area contributed by atoms with Gasteiger partial charge in [0, 0.05) is 64.4 Å². The van der Waals surface area contributed by atoms with Crippen LogP contribution in [-0.4, -0.2) is 51.7 Å². The van der Waals surface area contributed by atoms with Gasteiger partial charge < -0.3 is 14.4 Å². The van der Waals surface area contributed by atoms with E-state index < -0.39 is 0 Å². The first-order valence-electron chi connectivity index (χ1n) is 9.35. The van der Waals surface area contributed by atoms with Crippen molar-refractivity contribution in [3.05, 3.63) is 60.7 Å². The molecule has 140 valence electrons. The van der Waals surface area contributed by atoms with Gasteiger partial charge in [-0.3, -0.25) is 9.97 Å². The topological polar surface area (TPSA) is 63.0 Å². The second-order valence-electron chi connectivity index (χ2n) is 7.18. The molecule has 27 heavy (non-hydrogen) atoms. The second-order valence-corrected chi connectivity index (χ2v) is 7.18. The number of anilines is 2. The van der Waals surface area contributed by atoms with E-state index in [9.17, 15) is 0 Å². The summed E-state index contributed by atoms with van der Waals surface area (Å²) in [6.07, 6.45) is 13.6. The summed E-state index contributed by atoms with van der Waals surface area (Å²) >= 11 is 0. The third-order valence-corrected chi connectivity index (χ3v) is 5.03. The third-order valence-electron chi connectivity index (χ3n) is 5.03. The molecule has 1 aliphatic rings. The van der Waals surface area contributed by atoms with Crippen LogP contribution in [0.4, 0.5) is 11.6 Å². The molecule has 4 rings (SSSR count). The Kier molecular flexibility index (Phi) is 5.00. The van der Waals surface area contributed by atoms with Crippen LogP contribution < -0.4 is 9.80 Å². The molecule has 1 aliphatic heterocycles. The molecule has 0 aliphatic carbocycles. The molecule has 0 aromatic carbocycles. The predicted molar refractivity (Wildman–Crippen MR) is 106 cm³/mol. The van der Waals surface area contributed by atoms with Gasteiger partial charge in [-0.05, 0) is 30.5 Å². The first-order chi connectivity index (χ1) is 13.2. The van der Waals surface area contributed by atoms with Gasteiger partial charge in [-0.15, -0.1) is 0 Å². The fourth-order valence-corrected chi connectivity index (χ4v) is 3.61. The molecule has 0 bridgehead atoms. The molecule has 0 amide bonds. The molecule has 0 spiro atoms. The molecule has 3 aromatic rings. The summed E-state index contributed by atoms with van der Waals surface area (Å²) in [5.41, 5.74) is 1.24. The fourth-order valence-electron chi connectivity index (χ4n) is 3.61. The summed E-state index contributed by atoms with van der Waals surface area (Å²) in [5.74, 6) is 3.36. The van der Waals surface area contributed by atoms with E-state index in [1.807, 2.05) is 43.8 Å². The van der Waals surface area contributed by atoms with Gasteiger partial charge in [0.05, 0.1) is 12.4 Å². The molecular formula is C20H25N7. The van der Waals surface area contributed by atoms with Gasteiger partial charge in [0.25, 0.3) is 0 Å². The fraction of sp³-hybridized carbons (Fsp3) is 0.400. The van der Waals surface area contributed by atoms with Crippen LogP contribution in [0.5, 0.6) is 0 Å². The average Bonchev–Trinajstić information content (AvgIpc) is 3.17. The van der Waals surface area contributed by atoms with Gasteiger partial charge in [-0.1, -0.05) is 0 Å². The van der Waals surface area contributed by atoms with Crippen LogP contribution in [0.3, 0.4) is 0 Å². The lowest BCUT2D eigenvalue weighted by Crippen LogP contribution is -2.36. The maximum absolute atomic E-state index is 4.76. The van der Waals surface area contributed by atoms with Gasteiger partial charge in [0.15, 0.2) is 0 Å². The van der Waals surface area contributed by atoms with E-state index in [1.54, 1.807) is 6.20 Å². The molecule has 0 radical (unpaired) electrons. The number of piperidine rings is 1. The summed E-state index contributed by atoms with van der Waals surface area (Å²) in [4.78, 5) is 22.2. The second kappa shape index (κ2) is 7.73. The van der Waals surface area contributed by atoms with Gasteiger partial charge >= 0.3 is 0 Å². The number of rotatable bonds is 5.